The van der Waals surface area contributed by atoms with Gasteiger partial charge >= 0.3 is 0 Å². The van der Waals surface area contributed by atoms with Crippen molar-refractivity contribution >= 4 is 23.2 Å². The molecule has 0 fully saturated rings. The molecule has 3 nitrogen and oxygen atoms in total. The molecule has 4 aromatic carbocycles. The molecule has 0 bridgehead atoms. The molecule has 4 aromatic rings. The summed E-state index contributed by atoms with van der Waals surface area (Å²) in [6.07, 6.45) is -0.953. The van der Waals surface area contributed by atoms with Gasteiger partial charge < -0.3 is 14.7 Å². The Morgan fingerprint density at radius 3 is 1.49 bits per heavy atom. The van der Waals surface area contributed by atoms with Gasteiger partial charge in [-0.25, -0.2) is 0 Å². The van der Waals surface area contributed by atoms with Crippen LogP contribution in [0.5, 0.6) is 0 Å². The number of halogens is 2. The smallest absolute Gasteiger partial charge is 0.126 e. The Morgan fingerprint density at radius 2 is 1.06 bits per heavy atom. The van der Waals surface area contributed by atoms with E-state index in [1.54, 1.807) is 0 Å². The first-order valence-corrected chi connectivity index (χ1v) is 12.5. The van der Waals surface area contributed by atoms with Crippen LogP contribution in [-0.2, 0) is 17.8 Å². The summed E-state index contributed by atoms with van der Waals surface area (Å²) >= 11 is 12.2. The summed E-state index contributed by atoms with van der Waals surface area (Å²) in [6.45, 7) is 2.43. The molecule has 0 aliphatic rings. The summed E-state index contributed by atoms with van der Waals surface area (Å²) in [5.41, 5.74) is 4.43. The van der Waals surface area contributed by atoms with E-state index in [9.17, 15) is 5.11 Å². The molecule has 0 aromatic heterocycles. The second-order valence-corrected chi connectivity index (χ2v) is 9.62. The molecule has 0 aliphatic heterocycles. The van der Waals surface area contributed by atoms with Crippen LogP contribution in [0, 0.1) is 0 Å². The van der Waals surface area contributed by atoms with Crippen LogP contribution >= 0.6 is 23.2 Å². The third-order valence-corrected chi connectivity index (χ3v) is 6.42. The van der Waals surface area contributed by atoms with Crippen LogP contribution in [0.4, 0.5) is 0 Å². The summed E-state index contributed by atoms with van der Waals surface area (Å²) in [6, 6.07) is 36.0. The highest BCUT2D eigenvalue weighted by atomic mass is 35.5. The van der Waals surface area contributed by atoms with Gasteiger partial charge in [-0.15, -0.1) is 0 Å². The van der Waals surface area contributed by atoms with Gasteiger partial charge in [0.2, 0.25) is 0 Å². The monoisotopic (exact) mass is 506 g/mol. The average Bonchev–Trinajstić information content (AvgIpc) is 2.87. The van der Waals surface area contributed by atoms with Crippen LogP contribution in [0.3, 0.4) is 0 Å². The van der Waals surface area contributed by atoms with Crippen molar-refractivity contribution in [1.82, 2.24) is 0 Å². The van der Waals surface area contributed by atoms with Crippen LogP contribution < -0.4 is 4.90 Å². The van der Waals surface area contributed by atoms with Gasteiger partial charge in [-0.3, -0.25) is 0 Å². The molecule has 2 N–H and O–H groups in total. The fourth-order valence-electron chi connectivity index (χ4n) is 4.24. The lowest BCUT2D eigenvalue weighted by Crippen LogP contribution is -3.10. The fraction of sp³-hybridized carbons (Fsp3) is 0.200. The second kappa shape index (κ2) is 12.9. The molecule has 0 amide bonds. The molecular weight excluding hydrogens is 477 g/mol. The van der Waals surface area contributed by atoms with E-state index >= 15 is 0 Å². The third-order valence-electron chi connectivity index (χ3n) is 5.92. The molecule has 0 radical (unpaired) electrons. The highest BCUT2D eigenvalue weighted by molar-refractivity contribution is 6.30. The zero-order valence-electron chi connectivity index (χ0n) is 19.5. The van der Waals surface area contributed by atoms with Crippen molar-refractivity contribution in [2.75, 3.05) is 13.2 Å². The molecule has 0 spiro atoms. The Kier molecular flexibility index (Phi) is 9.35. The summed E-state index contributed by atoms with van der Waals surface area (Å²) in [7, 11) is 0. The van der Waals surface area contributed by atoms with E-state index in [1.165, 1.54) is 16.0 Å². The number of aliphatic hydroxyl groups is 1. The van der Waals surface area contributed by atoms with Gasteiger partial charge in [0.15, 0.2) is 0 Å². The van der Waals surface area contributed by atoms with Gasteiger partial charge in [-0.1, -0.05) is 108 Å². The van der Waals surface area contributed by atoms with E-state index in [0.717, 1.165) is 24.2 Å². The Balaban J connectivity index is 1.46. The number of nitrogens with one attached hydrogen (secondary N) is 1. The number of quaternary nitrogens is 1. The van der Waals surface area contributed by atoms with E-state index in [-0.39, 0.29) is 12.7 Å². The van der Waals surface area contributed by atoms with Crippen molar-refractivity contribution in [2.24, 2.45) is 0 Å². The maximum absolute atomic E-state index is 11.0. The van der Waals surface area contributed by atoms with Crippen molar-refractivity contribution in [3.05, 3.63) is 141 Å². The minimum atomic E-state index is -0.625. The Labute approximate surface area is 217 Å². The second-order valence-electron chi connectivity index (χ2n) is 8.75. The standard InChI is InChI=1S/C30H29Cl2NO2/c31-27-15-11-25(12-16-27)30(26-13-17-28(32)18-14-26)35-22-29(34)21-33(19-23-7-3-1-4-8-23)20-24-9-5-2-6-10-24/h1-18,29-30,34H,19-22H2/p+1/t29-/m1/s1. The Bertz CT molecular complexity index is 1070. The zero-order chi connectivity index (χ0) is 24.5. The van der Waals surface area contributed by atoms with Gasteiger partial charge in [-0.05, 0) is 35.4 Å². The maximum atomic E-state index is 11.0. The lowest BCUT2D eigenvalue weighted by atomic mass is 10.0. The van der Waals surface area contributed by atoms with Crippen LogP contribution in [0.15, 0.2) is 109 Å². The van der Waals surface area contributed by atoms with E-state index in [2.05, 4.69) is 48.5 Å². The van der Waals surface area contributed by atoms with Crippen LogP contribution in [0.1, 0.15) is 28.4 Å². The first-order chi connectivity index (χ1) is 17.1. The summed E-state index contributed by atoms with van der Waals surface area (Å²) in [5.74, 6) is 0. The van der Waals surface area contributed by atoms with Crippen LogP contribution in [0.25, 0.3) is 0 Å². The van der Waals surface area contributed by atoms with E-state index in [1.807, 2.05) is 60.7 Å². The molecule has 180 valence electrons. The molecule has 0 saturated carbocycles. The maximum Gasteiger partial charge on any atom is 0.126 e. The number of rotatable bonds is 11. The van der Waals surface area contributed by atoms with Gasteiger partial charge in [0.25, 0.3) is 0 Å². The predicted molar refractivity (Wildman–Crippen MR) is 143 cm³/mol. The molecule has 0 heterocycles. The number of ether oxygens (including phenoxy) is 1. The summed E-state index contributed by atoms with van der Waals surface area (Å²) in [4.78, 5) is 1.27. The van der Waals surface area contributed by atoms with Gasteiger partial charge in [0.1, 0.15) is 31.8 Å². The van der Waals surface area contributed by atoms with Crippen molar-refractivity contribution in [1.29, 1.82) is 0 Å². The van der Waals surface area contributed by atoms with Gasteiger partial charge in [-0.2, -0.15) is 0 Å². The van der Waals surface area contributed by atoms with E-state index < -0.39 is 6.10 Å². The quantitative estimate of drug-likeness (QED) is 0.271. The van der Waals surface area contributed by atoms with Crippen molar-refractivity contribution in [3.63, 3.8) is 0 Å². The van der Waals surface area contributed by atoms with Crippen molar-refractivity contribution < 1.29 is 14.7 Å². The molecule has 5 heteroatoms. The Morgan fingerprint density at radius 1 is 0.629 bits per heavy atom. The topological polar surface area (TPSA) is 33.9 Å². The first kappa shape index (κ1) is 25.4. The molecule has 1 atom stereocenters. The molecule has 0 unspecified atom stereocenters. The van der Waals surface area contributed by atoms with Gasteiger partial charge in [0.05, 0.1) is 6.61 Å². The van der Waals surface area contributed by atoms with Crippen LogP contribution in [0.2, 0.25) is 10.0 Å². The van der Waals surface area contributed by atoms with E-state index in [0.29, 0.717) is 16.6 Å². The first-order valence-electron chi connectivity index (χ1n) is 11.8. The number of benzene rings is 4. The average molecular weight is 507 g/mol. The number of hydrogen-bond acceptors (Lipinski definition) is 2. The van der Waals surface area contributed by atoms with Crippen molar-refractivity contribution in [2.45, 2.75) is 25.3 Å². The Hall–Kier alpha value is -2.66. The lowest BCUT2D eigenvalue weighted by molar-refractivity contribution is -0.930. The lowest BCUT2D eigenvalue weighted by Gasteiger charge is -2.25. The fourth-order valence-corrected chi connectivity index (χ4v) is 4.49. The van der Waals surface area contributed by atoms with E-state index in [4.69, 9.17) is 27.9 Å². The third kappa shape index (κ3) is 7.93. The zero-order valence-corrected chi connectivity index (χ0v) is 21.0. The molecule has 35 heavy (non-hydrogen) atoms. The van der Waals surface area contributed by atoms with Crippen LogP contribution in [-0.4, -0.2) is 24.4 Å². The SMILES string of the molecule is O[C@@H](COC(c1ccc(Cl)cc1)c1ccc(Cl)cc1)C[NH+](Cc1ccccc1)Cc1ccccc1. The number of hydrogen-bond donors (Lipinski definition) is 2. The normalized spacial score (nSPS) is 12.3. The highest BCUT2D eigenvalue weighted by Gasteiger charge is 2.21. The molecular formula is C30H30Cl2NO2+. The van der Waals surface area contributed by atoms with Gasteiger partial charge in [0, 0.05) is 21.2 Å². The predicted octanol–water partition coefficient (Wildman–Crippen LogP) is 5.75. The minimum absolute atomic E-state index is 0.211. The summed E-state index contributed by atoms with van der Waals surface area (Å²) < 4.78 is 6.31. The molecule has 0 aliphatic carbocycles. The molecule has 4 rings (SSSR count). The highest BCUT2D eigenvalue weighted by Crippen LogP contribution is 2.28. The number of aliphatic hydroxyl groups excluding tert-OH is 1. The minimum Gasteiger partial charge on any atom is -0.385 e. The van der Waals surface area contributed by atoms with Crippen molar-refractivity contribution in [3.8, 4) is 0 Å². The summed E-state index contributed by atoms with van der Waals surface area (Å²) in [5, 5.41) is 12.4. The molecule has 0 saturated heterocycles. The largest absolute Gasteiger partial charge is 0.385 e.